The summed E-state index contributed by atoms with van der Waals surface area (Å²) in [7, 11) is 0. The molecular formula is C13H16BrNO3. The van der Waals surface area contributed by atoms with Crippen LogP contribution in [0.1, 0.15) is 30.1 Å². The van der Waals surface area contributed by atoms with Crippen LogP contribution in [0.3, 0.4) is 0 Å². The summed E-state index contributed by atoms with van der Waals surface area (Å²) in [4.78, 5) is 13.1. The maximum Gasteiger partial charge on any atom is 0.337 e. The van der Waals surface area contributed by atoms with Gasteiger partial charge in [0.05, 0.1) is 0 Å². The van der Waals surface area contributed by atoms with Gasteiger partial charge >= 0.3 is 5.97 Å². The maximum atomic E-state index is 10.7. The van der Waals surface area contributed by atoms with E-state index in [-0.39, 0.29) is 0 Å². The predicted octanol–water partition coefficient (Wildman–Crippen LogP) is 2.16. The lowest BCUT2D eigenvalue weighted by molar-refractivity contribution is -0.146. The molecule has 0 bridgehead atoms. The molecule has 0 spiro atoms. The number of rotatable bonds is 4. The van der Waals surface area contributed by atoms with E-state index in [1.165, 1.54) is 12.8 Å². The molecule has 18 heavy (non-hydrogen) atoms. The van der Waals surface area contributed by atoms with Gasteiger partial charge in [-0.2, -0.15) is 0 Å². The highest BCUT2D eigenvalue weighted by molar-refractivity contribution is 9.10. The second kappa shape index (κ2) is 5.82. The highest BCUT2D eigenvalue weighted by atomic mass is 79.9. The summed E-state index contributed by atoms with van der Waals surface area (Å²) in [6.45, 7) is 3.10. The van der Waals surface area contributed by atoms with Crippen molar-refractivity contribution in [2.75, 3.05) is 13.1 Å². The van der Waals surface area contributed by atoms with Gasteiger partial charge < -0.3 is 10.2 Å². The fourth-order valence-corrected chi connectivity index (χ4v) is 2.71. The van der Waals surface area contributed by atoms with Crippen LogP contribution in [-0.4, -0.2) is 34.2 Å². The Morgan fingerprint density at radius 3 is 2.61 bits per heavy atom. The van der Waals surface area contributed by atoms with E-state index < -0.39 is 12.1 Å². The van der Waals surface area contributed by atoms with Crippen LogP contribution in [0.15, 0.2) is 22.7 Å². The lowest BCUT2D eigenvalue weighted by Crippen LogP contribution is -2.18. The van der Waals surface area contributed by atoms with E-state index in [0.717, 1.165) is 29.7 Å². The van der Waals surface area contributed by atoms with Crippen molar-refractivity contribution in [3.8, 4) is 0 Å². The molecule has 2 rings (SSSR count). The van der Waals surface area contributed by atoms with E-state index in [0.29, 0.717) is 5.56 Å². The van der Waals surface area contributed by atoms with Gasteiger partial charge in [0.15, 0.2) is 6.10 Å². The van der Waals surface area contributed by atoms with Crippen molar-refractivity contribution in [3.63, 3.8) is 0 Å². The molecule has 98 valence electrons. The van der Waals surface area contributed by atoms with Crippen molar-refractivity contribution < 1.29 is 15.0 Å². The van der Waals surface area contributed by atoms with E-state index in [1.807, 2.05) is 6.07 Å². The number of carboxylic acid groups (broad SMARTS) is 1. The van der Waals surface area contributed by atoms with Gasteiger partial charge in [-0.15, -0.1) is 0 Å². The van der Waals surface area contributed by atoms with Crippen molar-refractivity contribution in [2.45, 2.75) is 25.5 Å². The molecule has 0 aromatic heterocycles. The quantitative estimate of drug-likeness (QED) is 0.894. The fourth-order valence-electron chi connectivity index (χ4n) is 2.19. The molecule has 0 amide bonds. The molecule has 1 fully saturated rings. The Morgan fingerprint density at radius 1 is 1.39 bits per heavy atom. The normalized spacial score (nSPS) is 17.9. The van der Waals surface area contributed by atoms with Crippen LogP contribution in [0, 0.1) is 0 Å². The van der Waals surface area contributed by atoms with Crippen molar-refractivity contribution >= 4 is 21.9 Å². The molecule has 0 saturated carbocycles. The maximum absolute atomic E-state index is 10.7. The third-order valence-corrected chi connectivity index (χ3v) is 3.96. The summed E-state index contributed by atoms with van der Waals surface area (Å²) in [6.07, 6.45) is 1.03. The first kappa shape index (κ1) is 13.5. The Bertz CT molecular complexity index is 444. The summed E-state index contributed by atoms with van der Waals surface area (Å²) >= 11 is 3.44. The molecule has 1 aliphatic rings. The second-order valence-corrected chi connectivity index (χ2v) is 5.43. The summed E-state index contributed by atoms with van der Waals surface area (Å²) in [5.74, 6) is -1.23. The summed E-state index contributed by atoms with van der Waals surface area (Å²) < 4.78 is 0.854. The third kappa shape index (κ3) is 3.10. The zero-order valence-electron chi connectivity index (χ0n) is 9.97. The zero-order valence-corrected chi connectivity index (χ0v) is 11.6. The topological polar surface area (TPSA) is 60.8 Å². The molecule has 1 atom stereocenters. The highest BCUT2D eigenvalue weighted by Gasteiger charge is 2.18. The number of halogens is 1. The number of aliphatic hydroxyl groups is 1. The Morgan fingerprint density at radius 2 is 2.06 bits per heavy atom. The van der Waals surface area contributed by atoms with Gasteiger partial charge in [-0.05, 0) is 43.1 Å². The zero-order chi connectivity index (χ0) is 13.1. The van der Waals surface area contributed by atoms with Gasteiger partial charge in [0.2, 0.25) is 0 Å². The van der Waals surface area contributed by atoms with Crippen LogP contribution in [0.2, 0.25) is 0 Å². The number of nitrogens with zero attached hydrogens (tertiary/aromatic N) is 1. The van der Waals surface area contributed by atoms with Crippen LogP contribution < -0.4 is 0 Å². The first-order chi connectivity index (χ1) is 8.58. The van der Waals surface area contributed by atoms with E-state index in [4.69, 9.17) is 5.11 Å². The highest BCUT2D eigenvalue weighted by Crippen LogP contribution is 2.25. The lowest BCUT2D eigenvalue weighted by atomic mass is 10.1. The number of aliphatic carboxylic acids is 1. The van der Waals surface area contributed by atoms with Crippen molar-refractivity contribution in [3.05, 3.63) is 33.8 Å². The van der Waals surface area contributed by atoms with E-state index in [1.54, 1.807) is 12.1 Å². The lowest BCUT2D eigenvalue weighted by Gasteiger charge is -2.16. The summed E-state index contributed by atoms with van der Waals surface area (Å²) in [6, 6.07) is 5.24. The molecule has 0 radical (unpaired) electrons. The molecule has 1 aromatic carbocycles. The number of benzene rings is 1. The van der Waals surface area contributed by atoms with Crippen LogP contribution >= 0.6 is 15.9 Å². The van der Waals surface area contributed by atoms with Crippen LogP contribution in [0.25, 0.3) is 0 Å². The summed E-state index contributed by atoms with van der Waals surface area (Å²) in [5.41, 5.74) is 1.53. The smallest absolute Gasteiger partial charge is 0.337 e. The van der Waals surface area contributed by atoms with Crippen LogP contribution in [0.5, 0.6) is 0 Å². The monoisotopic (exact) mass is 313 g/mol. The molecule has 1 aromatic rings. The molecule has 2 N–H and O–H groups in total. The minimum Gasteiger partial charge on any atom is -0.479 e. The Kier molecular flexibility index (Phi) is 4.37. The Hall–Kier alpha value is -0.910. The Labute approximate surface area is 114 Å². The SMILES string of the molecule is O=C(O)C(O)c1ccc(CN2CCCC2)c(Br)c1. The molecule has 0 aliphatic carbocycles. The number of likely N-dealkylation sites (tertiary alicyclic amines) is 1. The number of carbonyl (C=O) groups is 1. The van der Waals surface area contributed by atoms with Crippen molar-refractivity contribution in [1.29, 1.82) is 0 Å². The largest absolute Gasteiger partial charge is 0.479 e. The fraction of sp³-hybridized carbons (Fsp3) is 0.462. The molecule has 1 saturated heterocycles. The van der Waals surface area contributed by atoms with E-state index in [9.17, 15) is 9.90 Å². The number of carboxylic acids is 1. The van der Waals surface area contributed by atoms with Crippen molar-refractivity contribution in [1.82, 2.24) is 4.90 Å². The van der Waals surface area contributed by atoms with E-state index in [2.05, 4.69) is 20.8 Å². The molecule has 1 heterocycles. The average molecular weight is 314 g/mol. The third-order valence-electron chi connectivity index (χ3n) is 3.22. The minimum atomic E-state index is -1.46. The second-order valence-electron chi connectivity index (χ2n) is 4.57. The van der Waals surface area contributed by atoms with Gasteiger partial charge in [-0.3, -0.25) is 4.90 Å². The van der Waals surface area contributed by atoms with Gasteiger partial charge in [0.1, 0.15) is 0 Å². The first-order valence-electron chi connectivity index (χ1n) is 5.99. The van der Waals surface area contributed by atoms with Gasteiger partial charge in [0, 0.05) is 11.0 Å². The molecule has 4 nitrogen and oxygen atoms in total. The van der Waals surface area contributed by atoms with Crippen molar-refractivity contribution in [2.24, 2.45) is 0 Å². The number of hydrogen-bond donors (Lipinski definition) is 2. The Balaban J connectivity index is 2.11. The number of hydrogen-bond acceptors (Lipinski definition) is 3. The van der Waals surface area contributed by atoms with Gasteiger partial charge in [0.25, 0.3) is 0 Å². The van der Waals surface area contributed by atoms with Gasteiger partial charge in [-0.1, -0.05) is 28.1 Å². The molecule has 5 heteroatoms. The summed E-state index contributed by atoms with van der Waals surface area (Å²) in [5, 5.41) is 18.2. The van der Waals surface area contributed by atoms with E-state index >= 15 is 0 Å². The number of aliphatic hydroxyl groups excluding tert-OH is 1. The minimum absolute atomic E-state index is 0.402. The van der Waals surface area contributed by atoms with Crippen LogP contribution in [-0.2, 0) is 11.3 Å². The average Bonchev–Trinajstić information content (AvgIpc) is 2.83. The molecular weight excluding hydrogens is 298 g/mol. The molecule has 1 unspecified atom stereocenters. The van der Waals surface area contributed by atoms with Gasteiger partial charge in [-0.25, -0.2) is 4.79 Å². The first-order valence-corrected chi connectivity index (χ1v) is 6.79. The van der Waals surface area contributed by atoms with Crippen LogP contribution in [0.4, 0.5) is 0 Å². The standard InChI is InChI=1S/C13H16BrNO3/c14-11-7-9(12(16)13(17)18)3-4-10(11)8-15-5-1-2-6-15/h3-4,7,12,16H,1-2,5-6,8H2,(H,17,18). The predicted molar refractivity (Wildman–Crippen MR) is 71.2 cm³/mol. The molecule has 1 aliphatic heterocycles.